The molecule has 0 fully saturated rings. The molecule has 0 heterocycles. The van der Waals surface area contributed by atoms with Crippen LogP contribution in [0.5, 0.6) is 0 Å². The third-order valence-corrected chi connectivity index (χ3v) is 1.39. The highest BCUT2D eigenvalue weighted by Crippen LogP contribution is 2.03. The Labute approximate surface area is 54.8 Å². The summed E-state index contributed by atoms with van der Waals surface area (Å²) < 4.78 is 0. The van der Waals surface area contributed by atoms with Crippen molar-refractivity contribution in [2.75, 3.05) is 6.61 Å². The fraction of sp³-hybridized carbons (Fsp3) is 1.00. The highest BCUT2D eigenvalue weighted by atomic mass is 79.9. The van der Waals surface area contributed by atoms with E-state index in [-0.39, 0.29) is 13.0 Å². The lowest BCUT2D eigenvalue weighted by atomic mass is 10.5. The van der Waals surface area contributed by atoms with E-state index in [0.29, 0.717) is 0 Å². The number of halogens is 1. The second kappa shape index (κ2) is 3.80. The maximum Gasteiger partial charge on any atom is 0.268 e. The first-order valence-electron chi connectivity index (χ1n) is 2.07. The van der Waals surface area contributed by atoms with Crippen LogP contribution in [0.2, 0.25) is 0 Å². The van der Waals surface area contributed by atoms with Crippen LogP contribution in [0.4, 0.5) is 0 Å². The van der Waals surface area contributed by atoms with E-state index in [1.54, 1.807) is 0 Å². The predicted octanol–water partition coefficient (Wildman–Crippen LogP) is 0.366. The Morgan fingerprint density at radius 3 is 2.50 bits per heavy atom. The average Bonchev–Trinajstić information content (AvgIpc) is 1.67. The zero-order valence-corrected chi connectivity index (χ0v) is 5.67. The van der Waals surface area contributed by atoms with E-state index in [4.69, 9.17) is 5.11 Å². The molecule has 0 saturated heterocycles. The summed E-state index contributed by atoms with van der Waals surface area (Å²) in [6.45, 7) is -0.156. The van der Waals surface area contributed by atoms with Crippen molar-refractivity contribution in [2.45, 2.75) is 11.4 Å². The first-order valence-corrected chi connectivity index (χ1v) is 2.98. The zero-order chi connectivity index (χ0) is 6.57. The van der Waals surface area contributed by atoms with Crippen molar-refractivity contribution in [3.63, 3.8) is 0 Å². The van der Waals surface area contributed by atoms with Crippen LogP contribution in [-0.2, 0) is 0 Å². The molecular weight excluding hydrogens is 178 g/mol. The number of aliphatic hydroxyl groups excluding tert-OH is 1. The van der Waals surface area contributed by atoms with Gasteiger partial charge < -0.3 is 5.11 Å². The first kappa shape index (κ1) is 7.84. The van der Waals surface area contributed by atoms with Gasteiger partial charge in [0.15, 0.2) is 0 Å². The molecular formula is C3H6BrNO3. The molecule has 0 aliphatic rings. The van der Waals surface area contributed by atoms with E-state index < -0.39 is 9.87 Å². The lowest BCUT2D eigenvalue weighted by Gasteiger charge is -1.95. The Kier molecular flexibility index (Phi) is 3.72. The number of hydrogen-bond donors (Lipinski definition) is 1. The maximum absolute atomic E-state index is 9.74. The molecule has 0 aromatic carbocycles. The Hall–Kier alpha value is -0.160. The quantitative estimate of drug-likeness (QED) is 0.298. The summed E-state index contributed by atoms with van der Waals surface area (Å²) in [5.41, 5.74) is 0. The molecule has 0 aliphatic carbocycles. The van der Waals surface area contributed by atoms with Gasteiger partial charge in [-0.3, -0.25) is 10.1 Å². The lowest BCUT2D eigenvalue weighted by molar-refractivity contribution is -0.493. The average molecular weight is 184 g/mol. The molecule has 5 heteroatoms. The summed E-state index contributed by atoms with van der Waals surface area (Å²) in [7, 11) is 0. The standard InChI is InChI=1S/C3H6BrNO3/c4-3(1-2-6)5(7)8/h3,6H,1-2H2. The highest BCUT2D eigenvalue weighted by molar-refractivity contribution is 9.09. The van der Waals surface area contributed by atoms with Crippen LogP contribution < -0.4 is 0 Å². The third kappa shape index (κ3) is 2.92. The van der Waals surface area contributed by atoms with Crippen LogP contribution in [0.1, 0.15) is 6.42 Å². The highest BCUT2D eigenvalue weighted by Gasteiger charge is 2.12. The van der Waals surface area contributed by atoms with E-state index in [0.717, 1.165) is 0 Å². The minimum absolute atomic E-state index is 0.156. The van der Waals surface area contributed by atoms with Gasteiger partial charge in [-0.2, -0.15) is 0 Å². The van der Waals surface area contributed by atoms with Crippen molar-refractivity contribution in [3.8, 4) is 0 Å². The summed E-state index contributed by atoms with van der Waals surface area (Å²) in [6, 6.07) is 0. The second-order valence-corrected chi connectivity index (χ2v) is 2.29. The summed E-state index contributed by atoms with van der Waals surface area (Å²) >= 11 is 2.74. The lowest BCUT2D eigenvalue weighted by Crippen LogP contribution is -2.12. The largest absolute Gasteiger partial charge is 0.396 e. The molecule has 0 aromatic heterocycles. The van der Waals surface area contributed by atoms with E-state index in [9.17, 15) is 10.1 Å². The molecule has 1 N–H and O–H groups in total. The molecule has 0 amide bonds. The minimum atomic E-state index is -0.799. The number of nitro groups is 1. The number of rotatable bonds is 3. The van der Waals surface area contributed by atoms with Crippen molar-refractivity contribution >= 4 is 15.9 Å². The molecule has 0 bridgehead atoms. The summed E-state index contributed by atoms with van der Waals surface area (Å²) in [5.74, 6) is 0. The van der Waals surface area contributed by atoms with Crippen LogP contribution in [0.25, 0.3) is 0 Å². The van der Waals surface area contributed by atoms with Crippen LogP contribution in [0, 0.1) is 10.1 Å². The predicted molar refractivity (Wildman–Crippen MR) is 31.4 cm³/mol. The topological polar surface area (TPSA) is 63.4 Å². The van der Waals surface area contributed by atoms with Crippen LogP contribution in [-0.4, -0.2) is 21.6 Å². The van der Waals surface area contributed by atoms with Gasteiger partial charge in [-0.15, -0.1) is 0 Å². The number of aliphatic hydroxyl groups is 1. The Balaban J connectivity index is 3.32. The van der Waals surface area contributed by atoms with Gasteiger partial charge in [0.05, 0.1) is 6.61 Å². The van der Waals surface area contributed by atoms with E-state index in [1.807, 2.05) is 0 Å². The molecule has 1 unspecified atom stereocenters. The maximum atomic E-state index is 9.74. The van der Waals surface area contributed by atoms with Gasteiger partial charge in [0, 0.05) is 11.3 Å². The van der Waals surface area contributed by atoms with Crippen molar-refractivity contribution in [1.29, 1.82) is 0 Å². The first-order chi connectivity index (χ1) is 3.68. The van der Waals surface area contributed by atoms with Gasteiger partial charge >= 0.3 is 0 Å². The van der Waals surface area contributed by atoms with Crippen LogP contribution in [0.3, 0.4) is 0 Å². The fourth-order valence-electron chi connectivity index (χ4n) is 0.212. The normalized spacial score (nSPS) is 13.2. The Bertz CT molecular complexity index is 86.6. The van der Waals surface area contributed by atoms with Crippen molar-refractivity contribution in [1.82, 2.24) is 0 Å². The Morgan fingerprint density at radius 2 is 2.38 bits per heavy atom. The van der Waals surface area contributed by atoms with Crippen molar-refractivity contribution < 1.29 is 10.0 Å². The summed E-state index contributed by atoms with van der Waals surface area (Å²) in [6.07, 6.45) is 0.160. The minimum Gasteiger partial charge on any atom is -0.396 e. The molecule has 1 atom stereocenters. The summed E-state index contributed by atoms with van der Waals surface area (Å²) in [4.78, 5) is 8.45. The van der Waals surface area contributed by atoms with Crippen molar-refractivity contribution in [3.05, 3.63) is 10.1 Å². The van der Waals surface area contributed by atoms with Gasteiger partial charge in [-0.25, -0.2) is 0 Å². The number of alkyl halides is 1. The van der Waals surface area contributed by atoms with Gasteiger partial charge in [-0.1, -0.05) is 0 Å². The van der Waals surface area contributed by atoms with Gasteiger partial charge in [0.1, 0.15) is 0 Å². The van der Waals surface area contributed by atoms with Crippen molar-refractivity contribution in [2.24, 2.45) is 0 Å². The SMILES string of the molecule is O=[N+]([O-])C(Br)CCO. The van der Waals surface area contributed by atoms with Gasteiger partial charge in [0.25, 0.3) is 4.95 Å². The van der Waals surface area contributed by atoms with Crippen LogP contribution >= 0.6 is 15.9 Å². The molecule has 0 aromatic rings. The zero-order valence-electron chi connectivity index (χ0n) is 4.08. The smallest absolute Gasteiger partial charge is 0.268 e. The molecule has 48 valence electrons. The molecule has 8 heavy (non-hydrogen) atoms. The number of nitrogens with zero attached hydrogens (tertiary/aromatic N) is 1. The third-order valence-electron chi connectivity index (χ3n) is 0.596. The molecule has 0 saturated carbocycles. The number of hydrogen-bond acceptors (Lipinski definition) is 3. The molecule has 0 spiro atoms. The molecule has 0 radical (unpaired) electrons. The molecule has 4 nitrogen and oxygen atoms in total. The monoisotopic (exact) mass is 183 g/mol. The molecule has 0 rings (SSSR count). The van der Waals surface area contributed by atoms with Gasteiger partial charge in [0.2, 0.25) is 0 Å². The van der Waals surface area contributed by atoms with Crippen LogP contribution in [0.15, 0.2) is 0 Å². The Morgan fingerprint density at radius 1 is 1.88 bits per heavy atom. The van der Waals surface area contributed by atoms with Gasteiger partial charge in [-0.05, 0) is 15.9 Å². The van der Waals surface area contributed by atoms with E-state index >= 15 is 0 Å². The molecule has 0 aliphatic heterocycles. The van der Waals surface area contributed by atoms with E-state index in [2.05, 4.69) is 15.9 Å². The summed E-state index contributed by atoms with van der Waals surface area (Å²) in [5, 5.41) is 17.9. The van der Waals surface area contributed by atoms with E-state index in [1.165, 1.54) is 0 Å². The second-order valence-electron chi connectivity index (χ2n) is 1.23. The fourth-order valence-corrected chi connectivity index (χ4v) is 0.417.